The summed E-state index contributed by atoms with van der Waals surface area (Å²) in [6.07, 6.45) is 0. The van der Waals surface area contributed by atoms with Crippen molar-refractivity contribution in [3.05, 3.63) is 62.6 Å². The highest BCUT2D eigenvalue weighted by Gasteiger charge is 2.14. The molecule has 0 aliphatic heterocycles. The Labute approximate surface area is 151 Å². The Bertz CT molecular complexity index is 1050. The summed E-state index contributed by atoms with van der Waals surface area (Å²) in [5.74, 6) is -1.26. The van der Waals surface area contributed by atoms with Crippen LogP contribution in [0.1, 0.15) is 17.3 Å². The number of anilines is 1. The largest absolute Gasteiger partial charge is 0.420 e. The van der Waals surface area contributed by atoms with Crippen LogP contribution in [0, 0.1) is 0 Å². The second kappa shape index (κ2) is 6.74. The fourth-order valence-corrected chi connectivity index (χ4v) is 2.65. The number of ketones is 1. The van der Waals surface area contributed by atoms with Crippen LogP contribution in [0.2, 0.25) is 10.0 Å². The Balaban J connectivity index is 1.85. The third-order valence-electron chi connectivity index (χ3n) is 3.58. The Morgan fingerprint density at radius 3 is 2.56 bits per heavy atom. The van der Waals surface area contributed by atoms with Crippen LogP contribution in [0.15, 0.2) is 45.6 Å². The summed E-state index contributed by atoms with van der Waals surface area (Å²) in [4.78, 5) is 35.6. The van der Waals surface area contributed by atoms with E-state index in [1.54, 1.807) is 24.3 Å². The van der Waals surface area contributed by atoms with Gasteiger partial charge in [0.2, 0.25) is 5.91 Å². The van der Waals surface area contributed by atoms with Gasteiger partial charge in [0, 0.05) is 11.3 Å². The number of aromatic nitrogens is 1. The number of carbonyl (C=O) groups is 2. The number of rotatable bonds is 4. The summed E-state index contributed by atoms with van der Waals surface area (Å²) in [5, 5.41) is 3.31. The first-order valence-electron chi connectivity index (χ1n) is 7.24. The topological polar surface area (TPSA) is 81.3 Å². The highest BCUT2D eigenvalue weighted by molar-refractivity contribution is 6.42. The minimum Gasteiger partial charge on any atom is -0.408 e. The zero-order valence-corrected chi connectivity index (χ0v) is 14.5. The molecule has 0 radical (unpaired) electrons. The van der Waals surface area contributed by atoms with Crippen molar-refractivity contribution in [3.63, 3.8) is 0 Å². The average Bonchev–Trinajstić information content (AvgIpc) is 2.86. The summed E-state index contributed by atoms with van der Waals surface area (Å²) >= 11 is 11.7. The fraction of sp³-hybridized carbons (Fsp3) is 0.118. The molecule has 0 saturated heterocycles. The number of nitrogens with one attached hydrogen (secondary N) is 1. The summed E-state index contributed by atoms with van der Waals surface area (Å²) < 4.78 is 6.30. The van der Waals surface area contributed by atoms with E-state index in [4.69, 9.17) is 27.6 Å². The lowest BCUT2D eigenvalue weighted by molar-refractivity contribution is -0.116. The van der Waals surface area contributed by atoms with Gasteiger partial charge in [0.1, 0.15) is 6.54 Å². The average molecular weight is 379 g/mol. The molecule has 3 aromatic rings. The van der Waals surface area contributed by atoms with Gasteiger partial charge < -0.3 is 9.73 Å². The number of fused-ring (bicyclic) bond motifs is 1. The summed E-state index contributed by atoms with van der Waals surface area (Å²) in [6.45, 7) is 1.17. The SMILES string of the molecule is CC(=O)c1ccc2c(c1)oc(=O)n2CC(=O)Nc1ccc(Cl)c(Cl)c1. The monoisotopic (exact) mass is 378 g/mol. The predicted molar refractivity (Wildman–Crippen MR) is 95.6 cm³/mol. The molecule has 0 bridgehead atoms. The minimum atomic E-state index is -0.681. The molecule has 1 heterocycles. The third kappa shape index (κ3) is 3.60. The summed E-state index contributed by atoms with van der Waals surface area (Å²) in [5.41, 5.74) is 1.56. The van der Waals surface area contributed by atoms with Crippen molar-refractivity contribution >= 4 is 51.7 Å². The lowest BCUT2D eigenvalue weighted by Gasteiger charge is -2.07. The number of Topliss-reactive ketones (excluding diaryl/α,β-unsaturated/α-hetero) is 1. The zero-order chi connectivity index (χ0) is 18.1. The lowest BCUT2D eigenvalue weighted by atomic mass is 10.1. The van der Waals surface area contributed by atoms with Crippen molar-refractivity contribution in [3.8, 4) is 0 Å². The first-order chi connectivity index (χ1) is 11.8. The van der Waals surface area contributed by atoms with Crippen LogP contribution in [0.5, 0.6) is 0 Å². The van der Waals surface area contributed by atoms with Gasteiger partial charge in [-0.25, -0.2) is 4.79 Å². The van der Waals surface area contributed by atoms with Crippen LogP contribution >= 0.6 is 23.2 Å². The quantitative estimate of drug-likeness (QED) is 0.701. The van der Waals surface area contributed by atoms with Gasteiger partial charge in [-0.3, -0.25) is 14.2 Å². The van der Waals surface area contributed by atoms with E-state index in [2.05, 4.69) is 5.32 Å². The van der Waals surface area contributed by atoms with E-state index in [-0.39, 0.29) is 17.9 Å². The zero-order valence-electron chi connectivity index (χ0n) is 13.0. The van der Waals surface area contributed by atoms with E-state index < -0.39 is 11.7 Å². The smallest absolute Gasteiger partial charge is 0.408 e. The van der Waals surface area contributed by atoms with Gasteiger partial charge in [0.25, 0.3) is 0 Å². The standard InChI is InChI=1S/C17H12Cl2N2O4/c1-9(22)10-2-5-14-15(6-10)25-17(24)21(14)8-16(23)20-11-3-4-12(18)13(19)7-11/h2-7H,8H2,1H3,(H,20,23). The number of benzene rings is 2. The molecule has 0 saturated carbocycles. The van der Waals surface area contributed by atoms with Crippen molar-refractivity contribution in [2.75, 3.05) is 5.32 Å². The molecule has 25 heavy (non-hydrogen) atoms. The van der Waals surface area contributed by atoms with Gasteiger partial charge in [0.15, 0.2) is 11.4 Å². The number of hydrogen-bond donors (Lipinski definition) is 1. The number of nitrogens with zero attached hydrogens (tertiary/aromatic N) is 1. The van der Waals surface area contributed by atoms with Crippen molar-refractivity contribution in [2.45, 2.75) is 13.5 Å². The maximum absolute atomic E-state index is 12.2. The number of halogens is 2. The highest BCUT2D eigenvalue weighted by atomic mass is 35.5. The van der Waals surface area contributed by atoms with Gasteiger partial charge in [-0.2, -0.15) is 0 Å². The van der Waals surface area contributed by atoms with Crippen LogP contribution in [-0.2, 0) is 11.3 Å². The van der Waals surface area contributed by atoms with E-state index in [0.29, 0.717) is 26.8 Å². The van der Waals surface area contributed by atoms with Crippen LogP contribution in [0.4, 0.5) is 5.69 Å². The molecule has 0 aliphatic carbocycles. The van der Waals surface area contributed by atoms with E-state index >= 15 is 0 Å². The Morgan fingerprint density at radius 1 is 1.12 bits per heavy atom. The number of hydrogen-bond acceptors (Lipinski definition) is 4. The molecule has 1 N–H and O–H groups in total. The van der Waals surface area contributed by atoms with E-state index in [1.165, 1.54) is 23.6 Å². The Kier molecular flexibility index (Phi) is 4.65. The minimum absolute atomic E-state index is 0.144. The van der Waals surface area contributed by atoms with Gasteiger partial charge >= 0.3 is 5.76 Å². The molecule has 128 valence electrons. The highest BCUT2D eigenvalue weighted by Crippen LogP contribution is 2.25. The van der Waals surface area contributed by atoms with Crippen LogP contribution < -0.4 is 11.1 Å². The Hall–Kier alpha value is -2.57. The molecule has 0 aliphatic rings. The van der Waals surface area contributed by atoms with Crippen molar-refractivity contribution in [2.24, 2.45) is 0 Å². The normalized spacial score (nSPS) is 10.8. The van der Waals surface area contributed by atoms with Crippen molar-refractivity contribution in [1.29, 1.82) is 0 Å². The van der Waals surface area contributed by atoms with E-state index in [0.717, 1.165) is 0 Å². The van der Waals surface area contributed by atoms with Crippen molar-refractivity contribution < 1.29 is 14.0 Å². The molecule has 8 heteroatoms. The second-order valence-electron chi connectivity index (χ2n) is 5.37. The summed E-state index contributed by atoms with van der Waals surface area (Å²) in [7, 11) is 0. The molecular formula is C17H12Cl2N2O4. The lowest BCUT2D eigenvalue weighted by Crippen LogP contribution is -2.24. The molecule has 1 amide bonds. The van der Waals surface area contributed by atoms with Gasteiger partial charge in [-0.1, -0.05) is 23.2 Å². The maximum Gasteiger partial charge on any atom is 0.420 e. The van der Waals surface area contributed by atoms with Crippen molar-refractivity contribution in [1.82, 2.24) is 4.57 Å². The molecule has 3 rings (SSSR count). The number of amides is 1. The molecule has 0 unspecified atom stereocenters. The molecule has 2 aromatic carbocycles. The first-order valence-corrected chi connectivity index (χ1v) is 8.00. The fourth-order valence-electron chi connectivity index (χ4n) is 2.35. The molecule has 0 fully saturated rings. The first kappa shape index (κ1) is 17.3. The number of carbonyl (C=O) groups excluding carboxylic acids is 2. The van der Waals surface area contributed by atoms with Gasteiger partial charge in [-0.15, -0.1) is 0 Å². The van der Waals surface area contributed by atoms with E-state index in [1.807, 2.05) is 0 Å². The predicted octanol–water partition coefficient (Wildman–Crippen LogP) is 3.74. The molecule has 0 atom stereocenters. The summed E-state index contributed by atoms with van der Waals surface area (Å²) in [6, 6.07) is 9.30. The molecule has 1 aromatic heterocycles. The van der Waals surface area contributed by atoms with Crippen LogP contribution in [0.3, 0.4) is 0 Å². The van der Waals surface area contributed by atoms with Gasteiger partial charge in [-0.05, 0) is 43.3 Å². The van der Waals surface area contributed by atoms with E-state index in [9.17, 15) is 14.4 Å². The van der Waals surface area contributed by atoms with Crippen LogP contribution in [0.25, 0.3) is 11.1 Å². The molecular weight excluding hydrogens is 367 g/mol. The third-order valence-corrected chi connectivity index (χ3v) is 4.32. The Morgan fingerprint density at radius 2 is 1.88 bits per heavy atom. The number of oxazole rings is 1. The molecule has 6 nitrogen and oxygen atoms in total. The molecule has 0 spiro atoms. The van der Waals surface area contributed by atoms with Crippen LogP contribution in [-0.4, -0.2) is 16.3 Å². The second-order valence-corrected chi connectivity index (χ2v) is 6.18. The van der Waals surface area contributed by atoms with Gasteiger partial charge in [0.05, 0.1) is 15.6 Å². The maximum atomic E-state index is 12.2.